The topological polar surface area (TPSA) is 58.6 Å². The second kappa shape index (κ2) is 38.3. The molecule has 0 radical (unpaired) electrons. The molecule has 1 N–H and O–H groups in total. The Labute approximate surface area is 288 Å². The van der Waals surface area contributed by atoms with Gasteiger partial charge in [0.2, 0.25) is 5.91 Å². The lowest BCUT2D eigenvalue weighted by atomic mass is 10.0. The van der Waals surface area contributed by atoms with Crippen LogP contribution in [0.15, 0.2) is 0 Å². The Bertz CT molecular complexity index is 575. The van der Waals surface area contributed by atoms with Crippen LogP contribution in [0.2, 0.25) is 0 Å². The molecule has 5 heteroatoms. The lowest BCUT2D eigenvalue weighted by molar-refractivity contribution is -0.144. The molecule has 0 aliphatic heterocycles. The van der Waals surface area contributed by atoms with Crippen molar-refractivity contribution in [2.45, 2.75) is 219 Å². The van der Waals surface area contributed by atoms with E-state index in [0.717, 1.165) is 32.2 Å². The molecule has 0 heterocycles. The predicted octanol–water partition coefficient (Wildman–Crippen LogP) is 12.1. The van der Waals surface area contributed by atoms with E-state index in [0.29, 0.717) is 32.5 Å². The standard InChI is InChI=1S/C41H82N2O3/c1-4-6-8-10-12-14-16-18-20-22-24-26-28-30-32-34-40(44)42-36-37-43(3)38-39-46-41(45)35-33-31-29-27-25-23-21-19-17-15-13-11-9-7-5-2/h4-39H2,1-3H3,(H,42,44). The molecular weight excluding hydrogens is 568 g/mol. The van der Waals surface area contributed by atoms with E-state index in [1.165, 1.54) is 167 Å². The Kier molecular flexibility index (Phi) is 37.4. The number of esters is 1. The lowest BCUT2D eigenvalue weighted by Gasteiger charge is -2.17. The fraction of sp³-hybridized carbons (Fsp3) is 0.951. The van der Waals surface area contributed by atoms with Crippen molar-refractivity contribution in [3.63, 3.8) is 0 Å². The Morgan fingerprint density at radius 1 is 0.457 bits per heavy atom. The van der Waals surface area contributed by atoms with E-state index in [1.807, 2.05) is 7.05 Å². The average Bonchev–Trinajstić information content (AvgIpc) is 3.04. The fourth-order valence-corrected chi connectivity index (χ4v) is 6.27. The molecule has 0 saturated carbocycles. The lowest BCUT2D eigenvalue weighted by Crippen LogP contribution is -2.34. The molecule has 0 rings (SSSR count). The predicted molar refractivity (Wildman–Crippen MR) is 201 cm³/mol. The summed E-state index contributed by atoms with van der Waals surface area (Å²) >= 11 is 0. The van der Waals surface area contributed by atoms with E-state index in [2.05, 4.69) is 24.1 Å². The van der Waals surface area contributed by atoms with Crippen molar-refractivity contribution in [1.82, 2.24) is 10.2 Å². The molecule has 5 nitrogen and oxygen atoms in total. The van der Waals surface area contributed by atoms with Gasteiger partial charge in [0.05, 0.1) is 0 Å². The Hall–Kier alpha value is -1.10. The van der Waals surface area contributed by atoms with Crippen LogP contribution in [0, 0.1) is 0 Å². The number of nitrogens with zero attached hydrogens (tertiary/aromatic N) is 1. The third-order valence-corrected chi connectivity index (χ3v) is 9.54. The highest BCUT2D eigenvalue weighted by Crippen LogP contribution is 2.15. The number of carbonyl (C=O) groups excluding carboxylic acids is 2. The maximum absolute atomic E-state index is 12.1. The minimum atomic E-state index is -0.0695. The first-order valence-electron chi connectivity index (χ1n) is 20.7. The molecule has 0 aliphatic carbocycles. The monoisotopic (exact) mass is 651 g/mol. The number of carbonyl (C=O) groups is 2. The highest BCUT2D eigenvalue weighted by atomic mass is 16.5. The van der Waals surface area contributed by atoms with Gasteiger partial charge in [-0.05, 0) is 19.9 Å². The number of ether oxygens (including phenoxy) is 1. The summed E-state index contributed by atoms with van der Waals surface area (Å²) in [5.41, 5.74) is 0. The van der Waals surface area contributed by atoms with E-state index in [-0.39, 0.29) is 11.9 Å². The van der Waals surface area contributed by atoms with Gasteiger partial charge in [-0.1, -0.05) is 194 Å². The quantitative estimate of drug-likeness (QED) is 0.0533. The van der Waals surface area contributed by atoms with Gasteiger partial charge < -0.3 is 15.0 Å². The second-order valence-corrected chi connectivity index (χ2v) is 14.3. The minimum Gasteiger partial charge on any atom is -0.464 e. The molecule has 0 atom stereocenters. The molecule has 0 aromatic rings. The maximum Gasteiger partial charge on any atom is 0.305 e. The van der Waals surface area contributed by atoms with Crippen molar-refractivity contribution < 1.29 is 14.3 Å². The molecule has 0 aliphatic rings. The molecule has 0 aromatic heterocycles. The van der Waals surface area contributed by atoms with Crippen LogP contribution in [0.4, 0.5) is 0 Å². The first kappa shape index (κ1) is 44.9. The number of nitrogens with one attached hydrogen (secondary N) is 1. The van der Waals surface area contributed by atoms with Gasteiger partial charge in [0.1, 0.15) is 6.61 Å². The molecule has 0 fully saturated rings. The van der Waals surface area contributed by atoms with Crippen molar-refractivity contribution >= 4 is 11.9 Å². The summed E-state index contributed by atoms with van der Waals surface area (Å²) in [5.74, 6) is 0.0953. The summed E-state index contributed by atoms with van der Waals surface area (Å²) in [4.78, 5) is 26.3. The van der Waals surface area contributed by atoms with Crippen molar-refractivity contribution in [2.24, 2.45) is 0 Å². The summed E-state index contributed by atoms with van der Waals surface area (Å²) in [6.45, 7) is 7.14. The second-order valence-electron chi connectivity index (χ2n) is 14.3. The van der Waals surface area contributed by atoms with Gasteiger partial charge in [0.15, 0.2) is 0 Å². The van der Waals surface area contributed by atoms with E-state index in [4.69, 9.17) is 4.74 Å². The van der Waals surface area contributed by atoms with Crippen molar-refractivity contribution in [1.29, 1.82) is 0 Å². The van der Waals surface area contributed by atoms with Crippen molar-refractivity contribution in [3.8, 4) is 0 Å². The van der Waals surface area contributed by atoms with Crippen LogP contribution in [-0.2, 0) is 14.3 Å². The Balaban J connectivity index is 3.36. The Morgan fingerprint density at radius 3 is 1.15 bits per heavy atom. The van der Waals surface area contributed by atoms with E-state index in [9.17, 15) is 9.59 Å². The SMILES string of the molecule is CCCCCCCCCCCCCCCCCC(=O)NCCN(C)CCOC(=O)CCCCCCCCCCCCCCCCC. The van der Waals surface area contributed by atoms with Crippen LogP contribution in [-0.4, -0.2) is 50.1 Å². The molecule has 0 spiro atoms. The highest BCUT2D eigenvalue weighted by molar-refractivity contribution is 5.75. The van der Waals surface area contributed by atoms with Gasteiger partial charge in [0, 0.05) is 32.5 Å². The number of unbranched alkanes of at least 4 members (excludes halogenated alkanes) is 28. The summed E-state index contributed by atoms with van der Waals surface area (Å²) in [5, 5.41) is 3.05. The molecule has 0 aromatic carbocycles. The van der Waals surface area contributed by atoms with Crippen molar-refractivity contribution in [3.05, 3.63) is 0 Å². The van der Waals surface area contributed by atoms with E-state index < -0.39 is 0 Å². The minimum absolute atomic E-state index is 0.0695. The van der Waals surface area contributed by atoms with Crippen LogP contribution in [0.3, 0.4) is 0 Å². The van der Waals surface area contributed by atoms with Crippen LogP contribution in [0.5, 0.6) is 0 Å². The largest absolute Gasteiger partial charge is 0.464 e. The van der Waals surface area contributed by atoms with E-state index >= 15 is 0 Å². The van der Waals surface area contributed by atoms with Crippen LogP contribution in [0.1, 0.15) is 219 Å². The average molecular weight is 651 g/mol. The number of likely N-dealkylation sites (N-methyl/N-ethyl adjacent to an activating group) is 1. The molecule has 274 valence electrons. The van der Waals surface area contributed by atoms with Gasteiger partial charge in [-0.2, -0.15) is 0 Å². The number of hydrogen-bond acceptors (Lipinski definition) is 4. The number of rotatable bonds is 38. The third-order valence-electron chi connectivity index (χ3n) is 9.54. The summed E-state index contributed by atoms with van der Waals surface area (Å²) < 4.78 is 5.43. The first-order valence-corrected chi connectivity index (χ1v) is 20.7. The normalized spacial score (nSPS) is 11.4. The number of amides is 1. The maximum atomic E-state index is 12.1. The smallest absolute Gasteiger partial charge is 0.305 e. The van der Waals surface area contributed by atoms with Gasteiger partial charge in [-0.3, -0.25) is 9.59 Å². The highest BCUT2D eigenvalue weighted by Gasteiger charge is 2.06. The zero-order chi connectivity index (χ0) is 33.6. The zero-order valence-electron chi connectivity index (χ0n) is 31.6. The molecule has 1 amide bonds. The van der Waals surface area contributed by atoms with E-state index in [1.54, 1.807) is 0 Å². The summed E-state index contributed by atoms with van der Waals surface area (Å²) in [6, 6.07) is 0. The summed E-state index contributed by atoms with van der Waals surface area (Å²) in [7, 11) is 2.02. The molecule has 0 saturated heterocycles. The zero-order valence-corrected chi connectivity index (χ0v) is 31.6. The fourth-order valence-electron chi connectivity index (χ4n) is 6.27. The van der Waals surface area contributed by atoms with Crippen molar-refractivity contribution in [2.75, 3.05) is 33.3 Å². The molecule has 0 unspecified atom stereocenters. The molecule has 0 bridgehead atoms. The molecular formula is C41H82N2O3. The summed E-state index contributed by atoms with van der Waals surface area (Å²) in [6.07, 6.45) is 41.3. The number of hydrogen-bond donors (Lipinski definition) is 1. The van der Waals surface area contributed by atoms with Gasteiger partial charge in [-0.15, -0.1) is 0 Å². The molecule has 46 heavy (non-hydrogen) atoms. The van der Waals surface area contributed by atoms with Crippen LogP contribution in [0.25, 0.3) is 0 Å². The van der Waals surface area contributed by atoms with Gasteiger partial charge in [-0.25, -0.2) is 0 Å². The van der Waals surface area contributed by atoms with Gasteiger partial charge in [0.25, 0.3) is 0 Å². The van der Waals surface area contributed by atoms with Crippen LogP contribution < -0.4 is 5.32 Å². The third kappa shape index (κ3) is 37.4. The van der Waals surface area contributed by atoms with Crippen LogP contribution >= 0.6 is 0 Å². The first-order chi connectivity index (χ1) is 22.6. The Morgan fingerprint density at radius 2 is 0.783 bits per heavy atom. The van der Waals surface area contributed by atoms with Gasteiger partial charge >= 0.3 is 5.97 Å².